The first-order chi connectivity index (χ1) is 8.24. The van der Waals surface area contributed by atoms with Crippen LogP contribution in [0.1, 0.15) is 19.4 Å². The van der Waals surface area contributed by atoms with Gasteiger partial charge in [-0.05, 0) is 19.4 Å². The molecule has 0 N–H and O–H groups in total. The molecule has 1 aromatic carbocycles. The molecule has 4 nitrogen and oxygen atoms in total. The molecule has 0 bridgehead atoms. The maximum Gasteiger partial charge on any atom is 0.335 e. The third kappa shape index (κ3) is 5.47. The van der Waals surface area contributed by atoms with Gasteiger partial charge in [0.25, 0.3) is 0 Å². The average Bonchev–Trinajstić information content (AvgIpc) is 2.36. The minimum Gasteiger partial charge on any atom is -0.464 e. The van der Waals surface area contributed by atoms with Crippen LogP contribution in [0.3, 0.4) is 0 Å². The predicted octanol–water partition coefficient (Wildman–Crippen LogP) is 2.13. The first-order valence-electron chi connectivity index (χ1n) is 5.64. The minimum absolute atomic E-state index is 0.0782. The molecule has 0 saturated heterocycles. The topological polar surface area (TPSA) is 44.8 Å². The summed E-state index contributed by atoms with van der Waals surface area (Å²) in [5.41, 5.74) is 1.07. The summed E-state index contributed by atoms with van der Waals surface area (Å²) in [5.74, 6) is -0.365. The van der Waals surface area contributed by atoms with Crippen molar-refractivity contribution in [2.24, 2.45) is 0 Å². The number of carbonyl (C=O) groups excluding carboxylic acids is 1. The van der Waals surface area contributed by atoms with Crippen LogP contribution < -0.4 is 0 Å². The molecule has 0 aliphatic heterocycles. The summed E-state index contributed by atoms with van der Waals surface area (Å²) in [4.78, 5) is 11.2. The Morgan fingerprint density at radius 3 is 2.65 bits per heavy atom. The Labute approximate surface area is 101 Å². The molecule has 0 saturated carbocycles. The number of hydrogen-bond acceptors (Lipinski definition) is 4. The number of esters is 1. The smallest absolute Gasteiger partial charge is 0.335 e. The molecule has 0 fully saturated rings. The summed E-state index contributed by atoms with van der Waals surface area (Å²) in [5, 5.41) is 0. The van der Waals surface area contributed by atoms with Gasteiger partial charge in [-0.2, -0.15) is 0 Å². The predicted molar refractivity (Wildman–Crippen MR) is 63.3 cm³/mol. The molecule has 94 valence electrons. The van der Waals surface area contributed by atoms with Gasteiger partial charge < -0.3 is 14.2 Å². The highest BCUT2D eigenvalue weighted by molar-refractivity contribution is 5.74. The van der Waals surface area contributed by atoms with Crippen molar-refractivity contribution in [3.8, 4) is 0 Å². The molecule has 17 heavy (non-hydrogen) atoms. The fourth-order valence-corrected chi connectivity index (χ4v) is 1.21. The molecule has 0 heterocycles. The lowest BCUT2D eigenvalue weighted by Gasteiger charge is -2.11. The van der Waals surface area contributed by atoms with Gasteiger partial charge in [-0.15, -0.1) is 0 Å². The highest BCUT2D eigenvalue weighted by Crippen LogP contribution is 2.01. The van der Waals surface area contributed by atoms with Crippen LogP contribution in [0.25, 0.3) is 0 Å². The van der Waals surface area contributed by atoms with Crippen LogP contribution in [0.4, 0.5) is 0 Å². The largest absolute Gasteiger partial charge is 0.464 e. The van der Waals surface area contributed by atoms with Crippen molar-refractivity contribution < 1.29 is 19.0 Å². The summed E-state index contributed by atoms with van der Waals surface area (Å²) >= 11 is 0. The molecule has 1 atom stereocenters. The van der Waals surface area contributed by atoms with Crippen LogP contribution in [0.5, 0.6) is 0 Å². The van der Waals surface area contributed by atoms with Gasteiger partial charge in [0.15, 0.2) is 6.10 Å². The van der Waals surface area contributed by atoms with Crippen LogP contribution >= 0.6 is 0 Å². The standard InChI is InChI=1S/C13H18O4/c1-3-16-13(14)11(2)17-10-15-9-12-7-5-4-6-8-12/h4-8,11H,3,9-10H2,1-2H3/t11-/m0/s1. The number of ether oxygens (including phenoxy) is 3. The van der Waals surface area contributed by atoms with Gasteiger partial charge in [0.2, 0.25) is 0 Å². The van der Waals surface area contributed by atoms with Gasteiger partial charge in [0, 0.05) is 0 Å². The van der Waals surface area contributed by atoms with Crippen LogP contribution in [0.2, 0.25) is 0 Å². The Bertz CT molecular complexity index is 323. The van der Waals surface area contributed by atoms with E-state index in [2.05, 4.69) is 0 Å². The SMILES string of the molecule is CCOC(=O)[C@H](C)OCOCc1ccccc1. The van der Waals surface area contributed by atoms with E-state index in [0.29, 0.717) is 13.2 Å². The second-order valence-corrected chi connectivity index (χ2v) is 3.51. The zero-order chi connectivity index (χ0) is 12.5. The number of benzene rings is 1. The number of hydrogen-bond donors (Lipinski definition) is 0. The summed E-state index contributed by atoms with van der Waals surface area (Å²) in [6, 6.07) is 9.77. The van der Waals surface area contributed by atoms with Gasteiger partial charge in [-0.25, -0.2) is 4.79 Å². The van der Waals surface area contributed by atoms with E-state index in [-0.39, 0.29) is 12.8 Å². The Morgan fingerprint density at radius 1 is 1.29 bits per heavy atom. The van der Waals surface area contributed by atoms with Gasteiger partial charge in [0.1, 0.15) is 6.79 Å². The lowest BCUT2D eigenvalue weighted by molar-refractivity contribution is -0.165. The maximum absolute atomic E-state index is 11.2. The molecular weight excluding hydrogens is 220 g/mol. The zero-order valence-corrected chi connectivity index (χ0v) is 10.2. The molecule has 0 unspecified atom stereocenters. The molecule has 1 rings (SSSR count). The fraction of sp³-hybridized carbons (Fsp3) is 0.462. The van der Waals surface area contributed by atoms with E-state index in [4.69, 9.17) is 14.2 Å². The molecule has 0 aliphatic carbocycles. The Morgan fingerprint density at radius 2 is 2.00 bits per heavy atom. The van der Waals surface area contributed by atoms with Crippen LogP contribution in [0, 0.1) is 0 Å². The van der Waals surface area contributed by atoms with E-state index in [1.54, 1.807) is 13.8 Å². The highest BCUT2D eigenvalue weighted by Gasteiger charge is 2.13. The molecule has 0 aliphatic rings. The minimum atomic E-state index is -0.592. The van der Waals surface area contributed by atoms with Gasteiger partial charge in [-0.1, -0.05) is 30.3 Å². The Kier molecular flexibility index (Phi) is 6.29. The van der Waals surface area contributed by atoms with Crippen molar-refractivity contribution in [2.75, 3.05) is 13.4 Å². The summed E-state index contributed by atoms with van der Waals surface area (Å²) in [6.07, 6.45) is -0.592. The Balaban J connectivity index is 2.14. The lowest BCUT2D eigenvalue weighted by Crippen LogP contribution is -2.24. The highest BCUT2D eigenvalue weighted by atomic mass is 16.7. The van der Waals surface area contributed by atoms with Crippen LogP contribution in [0.15, 0.2) is 30.3 Å². The lowest BCUT2D eigenvalue weighted by atomic mass is 10.2. The second-order valence-electron chi connectivity index (χ2n) is 3.51. The number of rotatable bonds is 7. The van der Waals surface area contributed by atoms with Gasteiger partial charge >= 0.3 is 5.97 Å². The summed E-state index contributed by atoms with van der Waals surface area (Å²) in [7, 11) is 0. The maximum atomic E-state index is 11.2. The van der Waals surface area contributed by atoms with E-state index in [1.165, 1.54) is 0 Å². The van der Waals surface area contributed by atoms with Crippen molar-refractivity contribution in [2.45, 2.75) is 26.6 Å². The van der Waals surface area contributed by atoms with Crippen molar-refractivity contribution >= 4 is 5.97 Å². The second kappa shape index (κ2) is 7.81. The van der Waals surface area contributed by atoms with Crippen molar-refractivity contribution in [3.05, 3.63) is 35.9 Å². The zero-order valence-electron chi connectivity index (χ0n) is 10.2. The molecule has 1 aromatic rings. The van der Waals surface area contributed by atoms with Crippen molar-refractivity contribution in [1.29, 1.82) is 0 Å². The van der Waals surface area contributed by atoms with Crippen LogP contribution in [-0.4, -0.2) is 25.5 Å². The molecule has 0 amide bonds. The number of carbonyl (C=O) groups is 1. The third-order valence-corrected chi connectivity index (χ3v) is 2.13. The molecule has 0 spiro atoms. The molecule has 0 aromatic heterocycles. The first kappa shape index (κ1) is 13.7. The van der Waals surface area contributed by atoms with Crippen molar-refractivity contribution in [3.63, 3.8) is 0 Å². The normalized spacial score (nSPS) is 12.1. The molecular formula is C13H18O4. The van der Waals surface area contributed by atoms with E-state index in [1.807, 2.05) is 30.3 Å². The van der Waals surface area contributed by atoms with E-state index in [0.717, 1.165) is 5.56 Å². The van der Waals surface area contributed by atoms with Gasteiger partial charge in [0.05, 0.1) is 13.2 Å². The monoisotopic (exact) mass is 238 g/mol. The summed E-state index contributed by atoms with van der Waals surface area (Å²) in [6.45, 7) is 4.31. The first-order valence-corrected chi connectivity index (χ1v) is 5.64. The third-order valence-electron chi connectivity index (χ3n) is 2.13. The van der Waals surface area contributed by atoms with E-state index < -0.39 is 6.10 Å². The fourth-order valence-electron chi connectivity index (χ4n) is 1.21. The van der Waals surface area contributed by atoms with E-state index >= 15 is 0 Å². The van der Waals surface area contributed by atoms with E-state index in [9.17, 15) is 4.79 Å². The van der Waals surface area contributed by atoms with Crippen LogP contribution in [-0.2, 0) is 25.6 Å². The van der Waals surface area contributed by atoms with Crippen molar-refractivity contribution in [1.82, 2.24) is 0 Å². The Hall–Kier alpha value is -1.39. The average molecular weight is 238 g/mol. The molecule has 4 heteroatoms. The quantitative estimate of drug-likeness (QED) is 0.414. The van der Waals surface area contributed by atoms with Gasteiger partial charge in [-0.3, -0.25) is 0 Å². The molecule has 0 radical (unpaired) electrons. The summed E-state index contributed by atoms with van der Waals surface area (Å²) < 4.78 is 15.3.